The molecule has 4 rings (SSSR count). The van der Waals surface area contributed by atoms with Crippen molar-refractivity contribution in [2.24, 2.45) is 5.10 Å². The number of methoxy groups -OCH3 is 1. The Kier molecular flexibility index (Phi) is 3.63. The van der Waals surface area contributed by atoms with E-state index in [9.17, 15) is 0 Å². The number of para-hydroxylation sites is 1. The van der Waals surface area contributed by atoms with E-state index in [4.69, 9.17) is 9.15 Å². The summed E-state index contributed by atoms with van der Waals surface area (Å²) in [6.45, 7) is 0. The molecule has 0 saturated carbocycles. The zero-order chi connectivity index (χ0) is 16.4. The first-order valence-electron chi connectivity index (χ1n) is 7.69. The smallest absolute Gasteiger partial charge is 0.136 e. The first-order valence-corrected chi connectivity index (χ1v) is 7.69. The summed E-state index contributed by atoms with van der Waals surface area (Å²) < 4.78 is 13.1. The van der Waals surface area contributed by atoms with Gasteiger partial charge in [-0.1, -0.05) is 12.1 Å². The van der Waals surface area contributed by atoms with E-state index in [1.54, 1.807) is 11.8 Å². The van der Waals surface area contributed by atoms with Gasteiger partial charge in [0.2, 0.25) is 0 Å². The topological polar surface area (TPSA) is 39.7 Å². The van der Waals surface area contributed by atoms with Crippen LogP contribution in [0, 0.1) is 0 Å². The molecule has 0 spiro atoms. The zero-order valence-electron chi connectivity index (χ0n) is 13.2. The summed E-state index contributed by atoms with van der Waals surface area (Å²) in [6.07, 6.45) is 3.82. The number of aromatic nitrogens is 1. The summed E-state index contributed by atoms with van der Waals surface area (Å²) in [5, 5.41) is 6.52. The van der Waals surface area contributed by atoms with Gasteiger partial charge >= 0.3 is 0 Å². The summed E-state index contributed by atoms with van der Waals surface area (Å²) in [6, 6.07) is 21.6. The Labute approximate surface area is 139 Å². The van der Waals surface area contributed by atoms with Crippen LogP contribution in [0.4, 0.5) is 0 Å². The van der Waals surface area contributed by atoms with Crippen LogP contribution in [0.5, 0.6) is 5.75 Å². The fraction of sp³-hybridized carbons (Fsp3) is 0.0500. The van der Waals surface area contributed by atoms with Crippen LogP contribution in [0.2, 0.25) is 0 Å². The Morgan fingerprint density at radius 2 is 1.67 bits per heavy atom. The molecular weight excluding hydrogens is 300 g/mol. The van der Waals surface area contributed by atoms with Crippen molar-refractivity contribution < 1.29 is 9.15 Å². The van der Waals surface area contributed by atoms with Crippen molar-refractivity contribution in [1.29, 1.82) is 0 Å². The Balaban J connectivity index is 1.94. The quantitative estimate of drug-likeness (QED) is 0.566. The van der Waals surface area contributed by atoms with Gasteiger partial charge in [-0.25, -0.2) is 4.68 Å². The lowest BCUT2D eigenvalue weighted by molar-refractivity contribution is 0.415. The van der Waals surface area contributed by atoms with Crippen molar-refractivity contribution in [3.63, 3.8) is 0 Å². The number of hydrogen-bond acceptors (Lipinski definition) is 3. The molecule has 0 radical (unpaired) electrons. The highest BCUT2D eigenvalue weighted by Gasteiger charge is 2.06. The molecule has 0 saturated heterocycles. The minimum Gasteiger partial charge on any atom is -0.497 e. The standard InChI is InChI=1S/C20H16N2O2/c1-23-16-10-8-15(9-11-16)20-14-18(21-22-12-4-5-13-22)17-6-2-3-7-19(17)24-20/h2-14H,1H3/b21-18+. The molecule has 0 aliphatic rings. The van der Waals surface area contributed by atoms with Crippen molar-refractivity contribution in [3.05, 3.63) is 84.5 Å². The van der Waals surface area contributed by atoms with Crippen LogP contribution >= 0.6 is 0 Å². The highest BCUT2D eigenvalue weighted by molar-refractivity contribution is 5.78. The fourth-order valence-electron chi connectivity index (χ4n) is 2.61. The maximum atomic E-state index is 6.07. The van der Waals surface area contributed by atoms with E-state index in [1.807, 2.05) is 79.1 Å². The molecule has 0 N–H and O–H groups in total. The van der Waals surface area contributed by atoms with Crippen LogP contribution in [-0.2, 0) is 0 Å². The molecule has 0 unspecified atom stereocenters. The highest BCUT2D eigenvalue weighted by atomic mass is 16.5. The number of benzene rings is 2. The summed E-state index contributed by atoms with van der Waals surface area (Å²) >= 11 is 0. The van der Waals surface area contributed by atoms with E-state index in [2.05, 4.69) is 5.10 Å². The van der Waals surface area contributed by atoms with Gasteiger partial charge in [0.25, 0.3) is 0 Å². The molecule has 2 heterocycles. The monoisotopic (exact) mass is 316 g/mol. The molecule has 2 aromatic heterocycles. The summed E-state index contributed by atoms with van der Waals surface area (Å²) in [4.78, 5) is 0. The van der Waals surface area contributed by atoms with Crippen LogP contribution in [-0.4, -0.2) is 11.8 Å². The van der Waals surface area contributed by atoms with Gasteiger partial charge < -0.3 is 9.15 Å². The molecule has 0 fully saturated rings. The zero-order valence-corrected chi connectivity index (χ0v) is 13.2. The highest BCUT2D eigenvalue weighted by Crippen LogP contribution is 2.24. The fourth-order valence-corrected chi connectivity index (χ4v) is 2.61. The van der Waals surface area contributed by atoms with Gasteiger partial charge in [-0.05, 0) is 48.5 Å². The summed E-state index contributed by atoms with van der Waals surface area (Å²) in [7, 11) is 1.66. The van der Waals surface area contributed by atoms with Crippen molar-refractivity contribution in [2.75, 3.05) is 7.11 Å². The van der Waals surface area contributed by atoms with Gasteiger partial charge in [0.15, 0.2) is 0 Å². The largest absolute Gasteiger partial charge is 0.497 e. The molecule has 0 atom stereocenters. The number of hydrogen-bond donors (Lipinski definition) is 0. The van der Waals surface area contributed by atoms with Crippen molar-refractivity contribution in [2.45, 2.75) is 0 Å². The summed E-state index contributed by atoms with van der Waals surface area (Å²) in [5.41, 5.74) is 1.78. The molecule has 0 aliphatic heterocycles. The van der Waals surface area contributed by atoms with E-state index in [0.717, 1.165) is 33.4 Å². The third-order valence-corrected chi connectivity index (χ3v) is 3.84. The van der Waals surface area contributed by atoms with Gasteiger partial charge in [-0.3, -0.25) is 0 Å². The molecule has 118 valence electrons. The van der Waals surface area contributed by atoms with Gasteiger partial charge in [-0.2, -0.15) is 5.10 Å². The van der Waals surface area contributed by atoms with Gasteiger partial charge in [0, 0.05) is 29.4 Å². The van der Waals surface area contributed by atoms with Gasteiger partial charge in [-0.15, -0.1) is 0 Å². The maximum absolute atomic E-state index is 6.07. The Bertz CT molecular complexity index is 1030. The van der Waals surface area contributed by atoms with E-state index in [0.29, 0.717) is 0 Å². The first kappa shape index (κ1) is 14.3. The van der Waals surface area contributed by atoms with Gasteiger partial charge in [0.05, 0.1) is 12.5 Å². The predicted octanol–water partition coefficient (Wildman–Crippen LogP) is 4.27. The molecule has 2 aromatic carbocycles. The number of rotatable bonds is 3. The second-order valence-electron chi connectivity index (χ2n) is 5.38. The Morgan fingerprint density at radius 3 is 2.42 bits per heavy atom. The van der Waals surface area contributed by atoms with E-state index in [1.165, 1.54) is 0 Å². The van der Waals surface area contributed by atoms with Crippen LogP contribution in [0.15, 0.2) is 88.6 Å². The normalized spacial score (nSPS) is 11.8. The van der Waals surface area contributed by atoms with Crippen molar-refractivity contribution >= 4 is 11.0 Å². The molecule has 0 amide bonds. The average molecular weight is 316 g/mol. The molecule has 24 heavy (non-hydrogen) atoms. The van der Waals surface area contributed by atoms with E-state index >= 15 is 0 Å². The summed E-state index contributed by atoms with van der Waals surface area (Å²) in [5.74, 6) is 1.58. The third-order valence-electron chi connectivity index (χ3n) is 3.84. The predicted molar refractivity (Wildman–Crippen MR) is 93.6 cm³/mol. The van der Waals surface area contributed by atoms with Crippen LogP contribution < -0.4 is 10.1 Å². The second kappa shape index (κ2) is 6.08. The Hall–Kier alpha value is -3.27. The number of ether oxygens (including phenoxy) is 1. The average Bonchev–Trinajstić information content (AvgIpc) is 3.15. The van der Waals surface area contributed by atoms with Crippen LogP contribution in [0.1, 0.15) is 0 Å². The van der Waals surface area contributed by atoms with Crippen LogP contribution in [0.3, 0.4) is 0 Å². The van der Waals surface area contributed by atoms with E-state index in [-0.39, 0.29) is 0 Å². The van der Waals surface area contributed by atoms with Crippen molar-refractivity contribution in [1.82, 2.24) is 4.68 Å². The van der Waals surface area contributed by atoms with E-state index < -0.39 is 0 Å². The molecule has 4 aromatic rings. The Morgan fingerprint density at radius 1 is 0.917 bits per heavy atom. The lowest BCUT2D eigenvalue weighted by atomic mass is 10.1. The lowest BCUT2D eigenvalue weighted by Crippen LogP contribution is -2.06. The number of fused-ring (bicyclic) bond motifs is 1. The van der Waals surface area contributed by atoms with Crippen molar-refractivity contribution in [3.8, 4) is 17.1 Å². The molecule has 4 heteroatoms. The lowest BCUT2D eigenvalue weighted by Gasteiger charge is -2.06. The molecule has 0 bridgehead atoms. The molecular formula is C20H16N2O2. The second-order valence-corrected chi connectivity index (χ2v) is 5.38. The third kappa shape index (κ3) is 2.70. The first-order chi connectivity index (χ1) is 11.8. The number of nitrogens with zero attached hydrogens (tertiary/aromatic N) is 2. The minimum absolute atomic E-state index is 0.766. The minimum atomic E-state index is 0.766. The maximum Gasteiger partial charge on any atom is 0.136 e. The van der Waals surface area contributed by atoms with Gasteiger partial charge in [0.1, 0.15) is 17.1 Å². The SMILES string of the molecule is COc1ccc(-c2c/c(=N\n3cccc3)c3ccccc3o2)cc1. The van der Waals surface area contributed by atoms with Crippen LogP contribution in [0.25, 0.3) is 22.3 Å². The molecule has 4 nitrogen and oxygen atoms in total. The molecule has 0 aliphatic carbocycles.